The molecule has 12 heteroatoms. The molecule has 5 heterocycles. The largest absolute Gasteiger partial charge is 0.378 e. The minimum atomic E-state index is -0.759. The maximum atomic E-state index is 15.5. The summed E-state index contributed by atoms with van der Waals surface area (Å²) in [6.07, 6.45) is 4.71. The van der Waals surface area contributed by atoms with Gasteiger partial charge in [-0.05, 0) is 37.1 Å². The van der Waals surface area contributed by atoms with Crippen LogP contribution in [0.15, 0.2) is 41.6 Å². The number of imidazole rings is 1. The number of hydrogen-bond acceptors (Lipinski definition) is 5. The lowest BCUT2D eigenvalue weighted by Crippen LogP contribution is -2.48. The molecule has 9 nitrogen and oxygen atoms in total. The molecule has 0 saturated carbocycles. The molecule has 0 radical (unpaired) electrons. The van der Waals surface area contributed by atoms with Crippen molar-refractivity contribution >= 4 is 10.9 Å². The molecule has 0 amide bonds. The van der Waals surface area contributed by atoms with Gasteiger partial charge in [0.2, 0.25) is 0 Å². The molecule has 1 saturated heterocycles. The van der Waals surface area contributed by atoms with Crippen LogP contribution in [0.1, 0.15) is 28.4 Å². The number of nitrogens with one attached hydrogen (secondary N) is 1. The fourth-order valence-corrected chi connectivity index (χ4v) is 5.82. The first-order valence-electron chi connectivity index (χ1n) is 12.6. The van der Waals surface area contributed by atoms with E-state index in [1.54, 1.807) is 30.7 Å². The fraction of sp³-hybridized carbons (Fsp3) is 0.296. The Morgan fingerprint density at radius 3 is 2.54 bits per heavy atom. The maximum Gasteiger partial charge on any atom is 0.338 e. The summed E-state index contributed by atoms with van der Waals surface area (Å²) >= 11 is 0. The molecule has 2 atom stereocenters. The monoisotopic (exact) mass is 535 g/mol. The molecule has 200 valence electrons. The summed E-state index contributed by atoms with van der Waals surface area (Å²) < 4.78 is 56.1. The Hall–Kier alpha value is -4.16. The van der Waals surface area contributed by atoms with E-state index in [9.17, 15) is 13.6 Å². The van der Waals surface area contributed by atoms with E-state index in [1.165, 1.54) is 34.9 Å². The van der Waals surface area contributed by atoms with E-state index in [0.29, 0.717) is 42.3 Å². The van der Waals surface area contributed by atoms with Crippen molar-refractivity contribution in [2.45, 2.75) is 32.4 Å². The number of nitrogens with zero attached hydrogens (tertiary/aromatic N) is 6. The zero-order chi connectivity index (χ0) is 27.2. The lowest BCUT2D eigenvalue weighted by Gasteiger charge is -2.35. The van der Waals surface area contributed by atoms with E-state index in [4.69, 9.17) is 9.84 Å². The van der Waals surface area contributed by atoms with Crippen LogP contribution in [0, 0.1) is 31.3 Å². The highest BCUT2D eigenvalue weighted by Gasteiger charge is 2.37. The van der Waals surface area contributed by atoms with Crippen LogP contribution in [0.25, 0.3) is 28.1 Å². The number of aryl methyl sites for hydroxylation is 3. The first-order valence-corrected chi connectivity index (χ1v) is 12.6. The van der Waals surface area contributed by atoms with Crippen molar-refractivity contribution in [3.05, 3.63) is 87.1 Å². The Kier molecular flexibility index (Phi) is 5.16. The van der Waals surface area contributed by atoms with E-state index >= 15 is 4.39 Å². The van der Waals surface area contributed by atoms with Crippen LogP contribution in [0.2, 0.25) is 0 Å². The molecule has 1 N–H and O–H groups in total. The van der Waals surface area contributed by atoms with Gasteiger partial charge in [-0.2, -0.15) is 10.2 Å². The molecular weight excluding hydrogens is 511 g/mol. The molecule has 0 aliphatic carbocycles. The normalized spacial score (nSPS) is 18.6. The van der Waals surface area contributed by atoms with E-state index < -0.39 is 17.3 Å². The van der Waals surface area contributed by atoms with Crippen molar-refractivity contribution in [3.8, 4) is 17.2 Å². The van der Waals surface area contributed by atoms with Crippen LogP contribution in [0.3, 0.4) is 0 Å². The van der Waals surface area contributed by atoms with Gasteiger partial charge in [0.15, 0.2) is 11.6 Å². The van der Waals surface area contributed by atoms with Crippen LogP contribution in [-0.2, 0) is 18.2 Å². The zero-order valence-corrected chi connectivity index (χ0v) is 21.4. The van der Waals surface area contributed by atoms with Gasteiger partial charge in [-0.1, -0.05) is 0 Å². The Morgan fingerprint density at radius 1 is 1.03 bits per heavy atom. The Morgan fingerprint density at radius 2 is 1.77 bits per heavy atom. The number of benzene rings is 2. The standard InChI is InChI=1S/C27H24F3N7O2/c1-13-6-16(7-14(2)23(13)29)37-26(22-19(33-37)8-15-11-39-12-20(22)32-15)36-5-4-35(27(36)38)21-9-18(28)25-17(24(21)30)10-31-34(25)3/h4-7,9-10,15,20,32H,8,11-12H2,1-3H3/t15-,20-/m0/s1. The van der Waals surface area contributed by atoms with E-state index in [1.807, 2.05) is 0 Å². The third-order valence-corrected chi connectivity index (χ3v) is 7.62. The van der Waals surface area contributed by atoms with Crippen molar-refractivity contribution in [2.24, 2.45) is 7.05 Å². The molecule has 0 spiro atoms. The predicted octanol–water partition coefficient (Wildman–Crippen LogP) is 3.32. The predicted molar refractivity (Wildman–Crippen MR) is 136 cm³/mol. The Bertz CT molecular complexity index is 1840. The third-order valence-electron chi connectivity index (χ3n) is 7.62. The maximum absolute atomic E-state index is 15.5. The van der Waals surface area contributed by atoms with Crippen molar-refractivity contribution in [1.29, 1.82) is 0 Å². The summed E-state index contributed by atoms with van der Waals surface area (Å²) in [6, 6.07) is 4.19. The first-order chi connectivity index (χ1) is 18.7. The van der Waals surface area contributed by atoms with Crippen LogP contribution in [0.4, 0.5) is 13.2 Å². The third kappa shape index (κ3) is 3.44. The van der Waals surface area contributed by atoms with Crippen LogP contribution < -0.4 is 11.0 Å². The molecule has 2 aliphatic rings. The summed E-state index contributed by atoms with van der Waals surface area (Å²) in [4.78, 5) is 13.9. The van der Waals surface area contributed by atoms with Crippen molar-refractivity contribution < 1.29 is 17.9 Å². The Balaban J connectivity index is 1.47. The van der Waals surface area contributed by atoms with E-state index in [2.05, 4.69) is 10.4 Å². The minimum Gasteiger partial charge on any atom is -0.378 e. The molecule has 2 aliphatic heterocycles. The summed E-state index contributed by atoms with van der Waals surface area (Å²) in [5.41, 5.74) is 2.21. The molecule has 39 heavy (non-hydrogen) atoms. The van der Waals surface area contributed by atoms with Gasteiger partial charge in [0.25, 0.3) is 0 Å². The zero-order valence-electron chi connectivity index (χ0n) is 21.4. The lowest BCUT2D eigenvalue weighted by atomic mass is 9.94. The van der Waals surface area contributed by atoms with Crippen LogP contribution in [0.5, 0.6) is 0 Å². The number of morpholine rings is 1. The van der Waals surface area contributed by atoms with Gasteiger partial charge in [-0.3, -0.25) is 13.8 Å². The smallest absolute Gasteiger partial charge is 0.338 e. The molecular formula is C27H24F3N7O2. The van der Waals surface area contributed by atoms with Crippen LogP contribution >= 0.6 is 0 Å². The molecule has 1 fully saturated rings. The molecule has 7 rings (SSSR count). The number of rotatable bonds is 3. The number of aromatic nitrogens is 6. The van der Waals surface area contributed by atoms with Gasteiger partial charge in [0.05, 0.1) is 47.9 Å². The number of hydrogen-bond donors (Lipinski definition) is 1. The summed E-state index contributed by atoms with van der Waals surface area (Å²) in [6.45, 7) is 4.28. The highest BCUT2D eigenvalue weighted by Crippen LogP contribution is 2.35. The van der Waals surface area contributed by atoms with Gasteiger partial charge in [0, 0.05) is 43.5 Å². The van der Waals surface area contributed by atoms with Crippen molar-refractivity contribution in [3.63, 3.8) is 0 Å². The molecule has 5 aromatic rings. The quantitative estimate of drug-likeness (QED) is 0.383. The second-order valence-corrected chi connectivity index (χ2v) is 10.2. The molecule has 0 unspecified atom stereocenters. The van der Waals surface area contributed by atoms with Gasteiger partial charge < -0.3 is 10.1 Å². The molecule has 2 aromatic carbocycles. The number of ether oxygens (including phenoxy) is 1. The van der Waals surface area contributed by atoms with Gasteiger partial charge in [-0.25, -0.2) is 22.6 Å². The summed E-state index contributed by atoms with van der Waals surface area (Å²) in [7, 11) is 1.52. The average Bonchev–Trinajstić information content (AvgIpc) is 3.59. The molecule has 2 bridgehead atoms. The van der Waals surface area contributed by atoms with Crippen molar-refractivity contribution in [2.75, 3.05) is 13.2 Å². The fourth-order valence-electron chi connectivity index (χ4n) is 5.82. The first kappa shape index (κ1) is 23.9. The van der Waals surface area contributed by atoms with E-state index in [-0.39, 0.29) is 34.5 Å². The summed E-state index contributed by atoms with van der Waals surface area (Å²) in [5, 5.41) is 12.3. The lowest BCUT2D eigenvalue weighted by molar-refractivity contribution is 0.0384. The van der Waals surface area contributed by atoms with Gasteiger partial charge in [0.1, 0.15) is 17.2 Å². The topological polar surface area (TPSA) is 83.8 Å². The van der Waals surface area contributed by atoms with Crippen LogP contribution in [-0.4, -0.2) is 48.0 Å². The molecule has 3 aromatic heterocycles. The second-order valence-electron chi connectivity index (χ2n) is 10.2. The second kappa shape index (κ2) is 8.42. The van der Waals surface area contributed by atoms with Gasteiger partial charge in [-0.15, -0.1) is 0 Å². The number of halogens is 3. The average molecular weight is 536 g/mol. The van der Waals surface area contributed by atoms with Crippen molar-refractivity contribution in [1.82, 2.24) is 34.0 Å². The van der Waals surface area contributed by atoms with Gasteiger partial charge >= 0.3 is 5.69 Å². The SMILES string of the molecule is Cc1cc(-n2nc3c(c2-n2ccn(-c4cc(F)c5c(cnn5C)c4F)c2=O)[C@@H]2COC[C@H](C3)N2)cc(C)c1F. The summed E-state index contributed by atoms with van der Waals surface area (Å²) in [5.74, 6) is -1.33. The number of fused-ring (bicyclic) bond motifs is 5. The highest BCUT2D eigenvalue weighted by molar-refractivity contribution is 5.82. The highest BCUT2D eigenvalue weighted by atomic mass is 19.1. The minimum absolute atomic E-state index is 0.0101. The van der Waals surface area contributed by atoms with E-state index in [0.717, 1.165) is 21.9 Å². The Labute approximate surface area is 220 Å².